The Bertz CT molecular complexity index is 1030. The van der Waals surface area contributed by atoms with Crippen molar-refractivity contribution >= 4 is 28.9 Å². The molecule has 1 aliphatic rings. The highest BCUT2D eigenvalue weighted by Gasteiger charge is 2.57. The molecule has 1 N–H and O–H groups in total. The van der Waals surface area contributed by atoms with Gasteiger partial charge in [-0.1, -0.05) is 12.1 Å². The van der Waals surface area contributed by atoms with E-state index >= 15 is 4.39 Å². The summed E-state index contributed by atoms with van der Waals surface area (Å²) < 4.78 is 48.2. The summed E-state index contributed by atoms with van der Waals surface area (Å²) in [6.45, 7) is 5.64. The van der Waals surface area contributed by atoms with E-state index in [0.29, 0.717) is 12.7 Å². The number of halogens is 3. The normalized spacial score (nSPS) is 18.9. The van der Waals surface area contributed by atoms with Crippen molar-refractivity contribution in [2.24, 2.45) is 5.10 Å². The minimum Gasteiger partial charge on any atom is -0.491 e. The van der Waals surface area contributed by atoms with Gasteiger partial charge in [-0.3, -0.25) is 9.59 Å². The van der Waals surface area contributed by atoms with Crippen LogP contribution in [0.4, 0.5) is 24.5 Å². The monoisotopic (exact) mass is 433 g/mol. The number of rotatable bonds is 6. The molecule has 0 aromatic heterocycles. The fraction of sp³-hybridized carbons (Fsp3) is 0.318. The number of anilines is 2. The summed E-state index contributed by atoms with van der Waals surface area (Å²) in [6.07, 6.45) is -0.0483. The lowest BCUT2D eigenvalue weighted by Gasteiger charge is -2.20. The number of ether oxygens (including phenoxy) is 1. The third-order valence-corrected chi connectivity index (χ3v) is 4.63. The standard InChI is InChI=1S/C22H22F3N3O3/c1-13(2)31-18-10-8-17(9-11-18)28-20(30)22(25,14(3)27-28)19(29)26-16-7-5-6-15(12-16)21(4,23)24/h5-13H,1-4H3,(H,26,29). The third-order valence-electron chi connectivity index (χ3n) is 4.63. The average molecular weight is 433 g/mol. The van der Waals surface area contributed by atoms with Gasteiger partial charge in [0.2, 0.25) is 0 Å². The van der Waals surface area contributed by atoms with Crippen LogP contribution in [-0.4, -0.2) is 29.3 Å². The number of carbonyl (C=O) groups excluding carboxylic acids is 2. The quantitative estimate of drug-likeness (QED) is 0.674. The van der Waals surface area contributed by atoms with Crippen LogP contribution in [0.3, 0.4) is 0 Å². The summed E-state index contributed by atoms with van der Waals surface area (Å²) in [7, 11) is 0. The number of hydrazone groups is 1. The summed E-state index contributed by atoms with van der Waals surface area (Å²) >= 11 is 0. The molecule has 2 amide bonds. The third kappa shape index (κ3) is 4.40. The predicted molar refractivity (Wildman–Crippen MR) is 111 cm³/mol. The van der Waals surface area contributed by atoms with Crippen molar-refractivity contribution in [3.8, 4) is 5.75 Å². The molecule has 1 aliphatic heterocycles. The maximum atomic E-state index is 15.6. The Kier molecular flexibility index (Phi) is 5.80. The van der Waals surface area contributed by atoms with E-state index in [9.17, 15) is 18.4 Å². The Morgan fingerprint density at radius 2 is 1.84 bits per heavy atom. The van der Waals surface area contributed by atoms with Crippen LogP contribution in [-0.2, 0) is 15.5 Å². The van der Waals surface area contributed by atoms with Crippen molar-refractivity contribution in [1.29, 1.82) is 0 Å². The van der Waals surface area contributed by atoms with E-state index in [1.165, 1.54) is 37.3 Å². The molecule has 164 valence electrons. The van der Waals surface area contributed by atoms with Crippen LogP contribution >= 0.6 is 0 Å². The highest BCUT2D eigenvalue weighted by atomic mass is 19.3. The van der Waals surface area contributed by atoms with E-state index in [0.717, 1.165) is 11.1 Å². The smallest absolute Gasteiger partial charge is 0.307 e. The van der Waals surface area contributed by atoms with Crippen molar-refractivity contribution in [2.45, 2.75) is 45.4 Å². The van der Waals surface area contributed by atoms with Gasteiger partial charge in [0, 0.05) is 18.2 Å². The molecular weight excluding hydrogens is 411 g/mol. The fourth-order valence-corrected chi connectivity index (χ4v) is 3.03. The van der Waals surface area contributed by atoms with Gasteiger partial charge in [-0.25, -0.2) is 13.2 Å². The molecule has 3 rings (SSSR count). The molecule has 6 nitrogen and oxygen atoms in total. The minimum absolute atomic E-state index is 0.0483. The molecule has 2 aromatic carbocycles. The number of hydrogen-bond donors (Lipinski definition) is 1. The van der Waals surface area contributed by atoms with Gasteiger partial charge in [-0.2, -0.15) is 10.1 Å². The molecule has 31 heavy (non-hydrogen) atoms. The first-order valence-corrected chi connectivity index (χ1v) is 9.58. The van der Waals surface area contributed by atoms with E-state index in [2.05, 4.69) is 10.4 Å². The number of alkyl halides is 3. The summed E-state index contributed by atoms with van der Waals surface area (Å²) in [5, 5.41) is 6.91. The Morgan fingerprint density at radius 3 is 2.42 bits per heavy atom. The molecule has 0 radical (unpaired) electrons. The molecule has 0 saturated carbocycles. The van der Waals surface area contributed by atoms with Gasteiger partial charge in [0.1, 0.15) is 5.75 Å². The van der Waals surface area contributed by atoms with Crippen LogP contribution in [0.2, 0.25) is 0 Å². The van der Waals surface area contributed by atoms with E-state index < -0.39 is 23.4 Å². The Morgan fingerprint density at radius 1 is 1.19 bits per heavy atom. The maximum Gasteiger partial charge on any atom is 0.307 e. The SMILES string of the molecule is CC1=NN(c2ccc(OC(C)C)cc2)C(=O)C1(F)C(=O)Nc1cccc(C(C)(F)F)c1. The number of nitrogens with zero attached hydrogens (tertiary/aromatic N) is 2. The van der Waals surface area contributed by atoms with Gasteiger partial charge >= 0.3 is 11.6 Å². The van der Waals surface area contributed by atoms with Crippen molar-refractivity contribution in [2.75, 3.05) is 10.3 Å². The Hall–Kier alpha value is -3.36. The van der Waals surface area contributed by atoms with Gasteiger partial charge < -0.3 is 10.1 Å². The molecule has 0 saturated heterocycles. The summed E-state index contributed by atoms with van der Waals surface area (Å²) in [5.74, 6) is -5.09. The van der Waals surface area contributed by atoms with Gasteiger partial charge in [0.05, 0.1) is 17.5 Å². The molecule has 1 heterocycles. The van der Waals surface area contributed by atoms with Crippen LogP contribution in [0.5, 0.6) is 5.75 Å². The van der Waals surface area contributed by atoms with Crippen molar-refractivity contribution in [3.05, 3.63) is 54.1 Å². The first-order chi connectivity index (χ1) is 14.4. The second-order valence-electron chi connectivity index (χ2n) is 7.54. The number of benzene rings is 2. The molecular formula is C22H22F3N3O3. The molecule has 0 spiro atoms. The van der Waals surface area contributed by atoms with Gasteiger partial charge in [-0.05, 0) is 57.2 Å². The zero-order valence-corrected chi connectivity index (χ0v) is 17.4. The molecule has 1 atom stereocenters. The molecule has 0 fully saturated rings. The van der Waals surface area contributed by atoms with Crippen molar-refractivity contribution in [3.63, 3.8) is 0 Å². The van der Waals surface area contributed by atoms with E-state index in [1.54, 1.807) is 12.1 Å². The molecule has 0 aliphatic carbocycles. The second kappa shape index (κ2) is 8.05. The summed E-state index contributed by atoms with van der Waals surface area (Å²) in [5.41, 5.74) is -3.60. The van der Waals surface area contributed by atoms with Crippen LogP contribution in [0.15, 0.2) is 53.6 Å². The first-order valence-electron chi connectivity index (χ1n) is 9.58. The van der Waals surface area contributed by atoms with Crippen molar-refractivity contribution < 1.29 is 27.5 Å². The van der Waals surface area contributed by atoms with Crippen LogP contribution < -0.4 is 15.1 Å². The Labute approximate surface area is 177 Å². The highest BCUT2D eigenvalue weighted by Crippen LogP contribution is 2.33. The first kappa shape index (κ1) is 22.3. The average Bonchev–Trinajstić information content (AvgIpc) is 2.93. The van der Waals surface area contributed by atoms with Crippen molar-refractivity contribution in [1.82, 2.24) is 0 Å². The number of nitrogens with one attached hydrogen (secondary N) is 1. The summed E-state index contributed by atoms with van der Waals surface area (Å²) in [6, 6.07) is 11.1. The highest BCUT2D eigenvalue weighted by molar-refractivity contribution is 6.36. The van der Waals surface area contributed by atoms with Crippen LogP contribution in [0.25, 0.3) is 0 Å². The van der Waals surface area contributed by atoms with Crippen LogP contribution in [0.1, 0.15) is 33.3 Å². The number of amides is 2. The largest absolute Gasteiger partial charge is 0.491 e. The maximum absolute atomic E-state index is 15.6. The lowest BCUT2D eigenvalue weighted by Crippen LogP contribution is -2.51. The molecule has 9 heteroatoms. The summed E-state index contributed by atoms with van der Waals surface area (Å²) in [4.78, 5) is 25.4. The zero-order chi connectivity index (χ0) is 23.0. The zero-order valence-electron chi connectivity index (χ0n) is 17.4. The molecule has 1 unspecified atom stereocenters. The van der Waals surface area contributed by atoms with Gasteiger partial charge in [0.25, 0.3) is 11.8 Å². The lowest BCUT2D eigenvalue weighted by molar-refractivity contribution is -0.135. The van der Waals surface area contributed by atoms with E-state index in [-0.39, 0.29) is 28.8 Å². The lowest BCUT2D eigenvalue weighted by atomic mass is 9.99. The van der Waals surface area contributed by atoms with Crippen LogP contribution in [0, 0.1) is 0 Å². The van der Waals surface area contributed by atoms with Gasteiger partial charge in [0.15, 0.2) is 0 Å². The molecule has 2 aromatic rings. The van der Waals surface area contributed by atoms with Gasteiger partial charge in [-0.15, -0.1) is 0 Å². The second-order valence-corrected chi connectivity index (χ2v) is 7.54. The predicted octanol–water partition coefficient (Wildman–Crippen LogP) is 4.66. The van der Waals surface area contributed by atoms with E-state index in [1.807, 2.05) is 13.8 Å². The Balaban J connectivity index is 1.81. The number of hydrogen-bond acceptors (Lipinski definition) is 4. The number of carbonyl (C=O) groups is 2. The topological polar surface area (TPSA) is 71.0 Å². The molecule has 0 bridgehead atoms. The van der Waals surface area contributed by atoms with E-state index in [4.69, 9.17) is 4.74 Å². The minimum atomic E-state index is -3.14. The fourth-order valence-electron chi connectivity index (χ4n) is 3.03.